The zero-order chi connectivity index (χ0) is 11.9. The van der Waals surface area contributed by atoms with E-state index in [1.54, 1.807) is 0 Å². The molecule has 1 atom stereocenters. The van der Waals surface area contributed by atoms with Gasteiger partial charge < -0.3 is 14.2 Å². The largest absolute Gasteiger partial charge is 0.508 e. The average Bonchev–Trinajstić information content (AvgIpc) is 2.36. The smallest absolute Gasteiger partial charge is 0.434 e. The Kier molecular flexibility index (Phi) is 4.38. The number of ether oxygens (including phenoxy) is 3. The second kappa shape index (κ2) is 6.25. The summed E-state index contributed by atoms with van der Waals surface area (Å²) in [5.41, 5.74) is 1.15. The molecule has 1 aliphatic rings. The van der Waals surface area contributed by atoms with Gasteiger partial charge in [-0.2, -0.15) is 0 Å². The molecular formula is C13H16O4. The van der Waals surface area contributed by atoms with Crippen molar-refractivity contribution in [1.82, 2.24) is 0 Å². The number of carbonyl (C=O) groups excluding carboxylic acids is 1. The topological polar surface area (TPSA) is 44.8 Å². The summed E-state index contributed by atoms with van der Waals surface area (Å²) in [4.78, 5) is 10.8. The van der Waals surface area contributed by atoms with Gasteiger partial charge in [-0.3, -0.25) is 0 Å². The quantitative estimate of drug-likeness (QED) is 0.582. The average molecular weight is 236 g/mol. The fourth-order valence-corrected chi connectivity index (χ4v) is 1.69. The number of rotatable bonds is 5. The van der Waals surface area contributed by atoms with E-state index in [2.05, 4.69) is 4.74 Å². The summed E-state index contributed by atoms with van der Waals surface area (Å²) in [7, 11) is 0. The molecule has 1 aromatic carbocycles. The highest BCUT2D eigenvalue weighted by molar-refractivity contribution is 5.60. The minimum absolute atomic E-state index is 0.0629. The van der Waals surface area contributed by atoms with Gasteiger partial charge in [0.2, 0.25) is 0 Å². The van der Waals surface area contributed by atoms with Gasteiger partial charge in [0.1, 0.15) is 6.10 Å². The van der Waals surface area contributed by atoms with E-state index < -0.39 is 6.16 Å². The van der Waals surface area contributed by atoms with Crippen molar-refractivity contribution in [2.75, 3.05) is 13.2 Å². The van der Waals surface area contributed by atoms with Crippen LogP contribution in [0.5, 0.6) is 0 Å². The molecule has 1 fully saturated rings. The Morgan fingerprint density at radius 2 is 2.12 bits per heavy atom. The molecule has 0 amide bonds. The van der Waals surface area contributed by atoms with Crippen LogP contribution >= 0.6 is 0 Å². The van der Waals surface area contributed by atoms with E-state index in [-0.39, 0.29) is 6.10 Å². The maximum Gasteiger partial charge on any atom is 0.508 e. The van der Waals surface area contributed by atoms with Crippen LogP contribution in [0.15, 0.2) is 30.3 Å². The van der Waals surface area contributed by atoms with Crippen LogP contribution in [0.1, 0.15) is 18.4 Å². The van der Waals surface area contributed by atoms with E-state index in [1.165, 1.54) is 0 Å². The molecule has 1 heterocycles. The Morgan fingerprint density at radius 1 is 1.29 bits per heavy atom. The number of hydrogen-bond acceptors (Lipinski definition) is 4. The summed E-state index contributed by atoms with van der Waals surface area (Å²) in [6.07, 6.45) is 0.846. The van der Waals surface area contributed by atoms with Gasteiger partial charge in [0.15, 0.2) is 0 Å². The maximum atomic E-state index is 10.8. The molecule has 0 radical (unpaired) electrons. The SMILES string of the molecule is O=C1OCCC(CCOCc2ccccc2)O1. The van der Waals surface area contributed by atoms with Crippen molar-refractivity contribution in [3.8, 4) is 0 Å². The lowest BCUT2D eigenvalue weighted by molar-refractivity contribution is -0.0350. The minimum atomic E-state index is -0.565. The Morgan fingerprint density at radius 3 is 2.88 bits per heavy atom. The van der Waals surface area contributed by atoms with E-state index in [4.69, 9.17) is 9.47 Å². The zero-order valence-electron chi connectivity index (χ0n) is 9.63. The van der Waals surface area contributed by atoms with Crippen LogP contribution in [0.2, 0.25) is 0 Å². The van der Waals surface area contributed by atoms with Gasteiger partial charge >= 0.3 is 6.16 Å². The maximum absolute atomic E-state index is 10.8. The number of carbonyl (C=O) groups is 1. The molecule has 4 heteroatoms. The van der Waals surface area contributed by atoms with Gasteiger partial charge in [-0.05, 0) is 5.56 Å². The predicted molar refractivity (Wildman–Crippen MR) is 61.6 cm³/mol. The molecule has 0 aliphatic carbocycles. The van der Waals surface area contributed by atoms with Crippen LogP contribution in [0, 0.1) is 0 Å². The molecule has 0 aromatic heterocycles. The molecule has 17 heavy (non-hydrogen) atoms. The Hall–Kier alpha value is -1.55. The summed E-state index contributed by atoms with van der Waals surface area (Å²) in [6, 6.07) is 9.99. The zero-order valence-corrected chi connectivity index (χ0v) is 9.63. The van der Waals surface area contributed by atoms with E-state index in [0.29, 0.717) is 19.8 Å². The molecule has 0 bridgehead atoms. The van der Waals surface area contributed by atoms with Crippen molar-refractivity contribution in [3.63, 3.8) is 0 Å². The lowest BCUT2D eigenvalue weighted by Crippen LogP contribution is -2.28. The Bertz CT molecular complexity index is 350. The third-order valence-corrected chi connectivity index (χ3v) is 2.62. The number of benzene rings is 1. The lowest BCUT2D eigenvalue weighted by atomic mass is 10.2. The van der Waals surface area contributed by atoms with Crippen LogP contribution in [0.25, 0.3) is 0 Å². The van der Waals surface area contributed by atoms with Crippen molar-refractivity contribution in [2.24, 2.45) is 0 Å². The molecule has 92 valence electrons. The summed E-state index contributed by atoms with van der Waals surface area (Å²) < 4.78 is 15.2. The fraction of sp³-hybridized carbons (Fsp3) is 0.462. The van der Waals surface area contributed by atoms with Crippen molar-refractivity contribution in [3.05, 3.63) is 35.9 Å². The van der Waals surface area contributed by atoms with Crippen molar-refractivity contribution < 1.29 is 19.0 Å². The fourth-order valence-electron chi connectivity index (χ4n) is 1.69. The number of hydrogen-bond donors (Lipinski definition) is 0. The molecule has 1 aliphatic heterocycles. The van der Waals surface area contributed by atoms with Gasteiger partial charge in [0.05, 0.1) is 19.8 Å². The van der Waals surface area contributed by atoms with Crippen molar-refractivity contribution >= 4 is 6.16 Å². The molecule has 1 saturated heterocycles. The summed E-state index contributed by atoms with van der Waals surface area (Å²) >= 11 is 0. The lowest BCUT2D eigenvalue weighted by Gasteiger charge is -2.21. The van der Waals surface area contributed by atoms with E-state index in [1.807, 2.05) is 30.3 Å². The van der Waals surface area contributed by atoms with Crippen LogP contribution in [0.3, 0.4) is 0 Å². The molecule has 2 rings (SSSR count). The predicted octanol–water partition coefficient (Wildman–Crippen LogP) is 2.52. The molecule has 0 saturated carbocycles. The van der Waals surface area contributed by atoms with E-state index in [0.717, 1.165) is 18.4 Å². The molecule has 0 spiro atoms. The first-order chi connectivity index (χ1) is 8.34. The van der Waals surface area contributed by atoms with Crippen LogP contribution in [-0.4, -0.2) is 25.5 Å². The highest BCUT2D eigenvalue weighted by Gasteiger charge is 2.20. The molecule has 0 N–H and O–H groups in total. The standard InChI is InChI=1S/C13H16O4/c14-13-16-9-7-12(17-13)6-8-15-10-11-4-2-1-3-5-11/h1-5,12H,6-10H2. The number of cyclic esters (lactones) is 2. The first kappa shape index (κ1) is 11.9. The van der Waals surface area contributed by atoms with Gasteiger partial charge in [-0.15, -0.1) is 0 Å². The van der Waals surface area contributed by atoms with Gasteiger partial charge in [-0.1, -0.05) is 30.3 Å². The summed E-state index contributed by atoms with van der Waals surface area (Å²) in [5.74, 6) is 0. The van der Waals surface area contributed by atoms with E-state index >= 15 is 0 Å². The van der Waals surface area contributed by atoms with E-state index in [9.17, 15) is 4.79 Å². The van der Waals surface area contributed by atoms with Crippen LogP contribution in [0.4, 0.5) is 4.79 Å². The molecule has 1 unspecified atom stereocenters. The van der Waals surface area contributed by atoms with Crippen LogP contribution < -0.4 is 0 Å². The summed E-state index contributed by atoms with van der Waals surface area (Å²) in [5, 5.41) is 0. The Balaban J connectivity index is 1.61. The molecular weight excluding hydrogens is 220 g/mol. The summed E-state index contributed by atoms with van der Waals surface area (Å²) in [6.45, 7) is 1.63. The third-order valence-electron chi connectivity index (χ3n) is 2.62. The monoisotopic (exact) mass is 236 g/mol. The van der Waals surface area contributed by atoms with Gasteiger partial charge in [0.25, 0.3) is 0 Å². The van der Waals surface area contributed by atoms with Crippen molar-refractivity contribution in [2.45, 2.75) is 25.6 Å². The second-order valence-electron chi connectivity index (χ2n) is 3.95. The Labute approximate surface area is 100 Å². The van der Waals surface area contributed by atoms with Gasteiger partial charge in [-0.25, -0.2) is 4.79 Å². The highest BCUT2D eigenvalue weighted by Crippen LogP contribution is 2.12. The first-order valence-corrected chi connectivity index (χ1v) is 5.79. The normalized spacial score (nSPS) is 19.5. The van der Waals surface area contributed by atoms with Gasteiger partial charge in [0, 0.05) is 12.8 Å². The van der Waals surface area contributed by atoms with Crippen molar-refractivity contribution in [1.29, 1.82) is 0 Å². The first-order valence-electron chi connectivity index (χ1n) is 5.79. The second-order valence-corrected chi connectivity index (χ2v) is 3.95. The highest BCUT2D eigenvalue weighted by atomic mass is 16.7. The third kappa shape index (κ3) is 4.07. The minimum Gasteiger partial charge on any atom is -0.434 e. The molecule has 4 nitrogen and oxygen atoms in total. The van der Waals surface area contributed by atoms with Crippen LogP contribution in [-0.2, 0) is 20.8 Å². The molecule has 1 aromatic rings.